The molecule has 0 aliphatic carbocycles. The quantitative estimate of drug-likeness (QED) is 0.422. The van der Waals surface area contributed by atoms with E-state index in [9.17, 15) is 4.79 Å². The number of anilines is 1. The summed E-state index contributed by atoms with van der Waals surface area (Å²) in [5.41, 5.74) is 3.69. The van der Waals surface area contributed by atoms with E-state index in [1.807, 2.05) is 54.1 Å². The molecule has 2 aromatic carbocycles. The molecular weight excluding hydrogens is 448 g/mol. The van der Waals surface area contributed by atoms with E-state index in [1.165, 1.54) is 12.8 Å². The number of amides is 1. The molecule has 0 radical (unpaired) electrons. The van der Waals surface area contributed by atoms with Crippen LogP contribution in [0.25, 0.3) is 0 Å². The second kappa shape index (κ2) is 11.1. The number of nitrogens with zero attached hydrogens (tertiary/aromatic N) is 3. The first-order valence-corrected chi connectivity index (χ1v) is 12.3. The lowest BCUT2D eigenvalue weighted by Gasteiger charge is -2.15. The average Bonchev–Trinajstić information content (AvgIpc) is 3.43. The molecule has 0 unspecified atom stereocenters. The van der Waals surface area contributed by atoms with Gasteiger partial charge in [0.15, 0.2) is 5.82 Å². The van der Waals surface area contributed by atoms with Gasteiger partial charge in [0, 0.05) is 34.5 Å². The molecule has 1 aliphatic heterocycles. The Kier molecular flexibility index (Phi) is 7.91. The number of aromatic nitrogens is 2. The maximum Gasteiger partial charge on any atom is 0.256 e. The van der Waals surface area contributed by atoms with Crippen molar-refractivity contribution in [3.8, 4) is 5.75 Å². The van der Waals surface area contributed by atoms with Gasteiger partial charge in [0.1, 0.15) is 5.75 Å². The van der Waals surface area contributed by atoms with Crippen LogP contribution in [0.15, 0.2) is 48.5 Å². The summed E-state index contributed by atoms with van der Waals surface area (Å²) in [7, 11) is 0. The number of nitrogens with one attached hydrogen (secondary N) is 1. The average molecular weight is 481 g/mol. The Labute approximate surface area is 206 Å². The summed E-state index contributed by atoms with van der Waals surface area (Å²) in [4.78, 5) is 15.3. The second-order valence-electron chi connectivity index (χ2n) is 9.42. The number of rotatable bonds is 9. The number of halogens is 1. The van der Waals surface area contributed by atoms with Crippen LogP contribution >= 0.6 is 11.6 Å². The smallest absolute Gasteiger partial charge is 0.256 e. The summed E-state index contributed by atoms with van der Waals surface area (Å²) in [6, 6.07) is 15.4. The molecule has 0 spiro atoms. The first-order valence-electron chi connectivity index (χ1n) is 12.0. The third kappa shape index (κ3) is 6.39. The van der Waals surface area contributed by atoms with Gasteiger partial charge in [0.05, 0.1) is 13.2 Å². The molecule has 1 saturated heterocycles. The highest BCUT2D eigenvalue weighted by Gasteiger charge is 2.15. The molecule has 1 fully saturated rings. The predicted molar refractivity (Wildman–Crippen MR) is 137 cm³/mol. The normalized spacial score (nSPS) is 14.0. The lowest BCUT2D eigenvalue weighted by Crippen LogP contribution is -2.19. The highest BCUT2D eigenvalue weighted by atomic mass is 35.5. The van der Waals surface area contributed by atoms with Crippen molar-refractivity contribution in [3.63, 3.8) is 0 Å². The van der Waals surface area contributed by atoms with Gasteiger partial charge in [-0.25, -0.2) is 0 Å². The lowest BCUT2D eigenvalue weighted by molar-refractivity contribution is 0.102. The minimum atomic E-state index is -0.156. The Balaban J connectivity index is 1.44. The molecule has 4 rings (SSSR count). The van der Waals surface area contributed by atoms with Crippen LogP contribution in [-0.2, 0) is 13.1 Å². The van der Waals surface area contributed by atoms with Crippen molar-refractivity contribution >= 4 is 23.3 Å². The van der Waals surface area contributed by atoms with Gasteiger partial charge in [-0.1, -0.05) is 37.6 Å². The van der Waals surface area contributed by atoms with Crippen LogP contribution in [0.4, 0.5) is 5.82 Å². The van der Waals surface area contributed by atoms with E-state index >= 15 is 0 Å². The van der Waals surface area contributed by atoms with Crippen molar-refractivity contribution in [2.45, 2.75) is 46.7 Å². The third-order valence-electron chi connectivity index (χ3n) is 5.93. The van der Waals surface area contributed by atoms with Gasteiger partial charge < -0.3 is 10.1 Å². The number of hydrogen-bond acceptors (Lipinski definition) is 4. The number of likely N-dealkylation sites (tertiary alicyclic amines) is 1. The maximum atomic E-state index is 12.9. The van der Waals surface area contributed by atoms with Gasteiger partial charge in [-0.15, -0.1) is 0 Å². The zero-order valence-electron chi connectivity index (χ0n) is 20.2. The van der Waals surface area contributed by atoms with Crippen molar-refractivity contribution in [2.24, 2.45) is 5.92 Å². The molecule has 6 nitrogen and oxygen atoms in total. The van der Waals surface area contributed by atoms with E-state index < -0.39 is 0 Å². The molecule has 3 aromatic rings. The monoisotopic (exact) mass is 480 g/mol. The topological polar surface area (TPSA) is 59.4 Å². The van der Waals surface area contributed by atoms with E-state index in [4.69, 9.17) is 16.3 Å². The fraction of sp³-hybridized carbons (Fsp3) is 0.407. The Morgan fingerprint density at radius 2 is 1.91 bits per heavy atom. The lowest BCUT2D eigenvalue weighted by atomic mass is 10.1. The molecule has 7 heteroatoms. The van der Waals surface area contributed by atoms with E-state index in [0.29, 0.717) is 35.5 Å². The van der Waals surface area contributed by atoms with E-state index in [-0.39, 0.29) is 5.91 Å². The molecule has 2 heterocycles. The molecule has 0 bridgehead atoms. The molecule has 1 aromatic heterocycles. The van der Waals surface area contributed by atoms with Gasteiger partial charge in [0.25, 0.3) is 5.91 Å². The highest BCUT2D eigenvalue weighted by Crippen LogP contribution is 2.25. The molecule has 180 valence electrons. The summed E-state index contributed by atoms with van der Waals surface area (Å²) in [6.07, 6.45) is 2.51. The SMILES string of the molecule is Cc1cc(NC(=O)c2cccc(CN3CCCC3)c2)nn1Cc1cc(Cl)ccc1OCC(C)C. The largest absolute Gasteiger partial charge is 0.493 e. The molecule has 1 aliphatic rings. The number of ether oxygens (including phenoxy) is 1. The summed E-state index contributed by atoms with van der Waals surface area (Å²) in [5, 5.41) is 8.22. The number of carbonyl (C=O) groups excluding carboxylic acids is 1. The number of aryl methyl sites for hydroxylation is 1. The van der Waals surface area contributed by atoms with E-state index in [2.05, 4.69) is 35.2 Å². The predicted octanol–water partition coefficient (Wildman–Crippen LogP) is 5.78. The Morgan fingerprint density at radius 3 is 2.68 bits per heavy atom. The van der Waals surface area contributed by atoms with Crippen LogP contribution in [-0.4, -0.2) is 40.3 Å². The van der Waals surface area contributed by atoms with Crippen molar-refractivity contribution in [2.75, 3.05) is 25.0 Å². The van der Waals surface area contributed by atoms with Crippen LogP contribution in [0.3, 0.4) is 0 Å². The molecule has 34 heavy (non-hydrogen) atoms. The standard InChI is InChI=1S/C27H33ClN4O2/c1-19(2)18-34-25-10-9-24(28)15-23(25)17-32-20(3)13-26(30-32)29-27(33)22-8-6-7-21(14-22)16-31-11-4-5-12-31/h6-10,13-15,19H,4-5,11-12,16-18H2,1-3H3,(H,29,30,33). The molecule has 0 atom stereocenters. The fourth-order valence-electron chi connectivity index (χ4n) is 4.16. The Bertz CT molecular complexity index is 1140. The second-order valence-corrected chi connectivity index (χ2v) is 9.86. The Hall–Kier alpha value is -2.83. The third-order valence-corrected chi connectivity index (χ3v) is 6.17. The number of carbonyl (C=O) groups is 1. The van der Waals surface area contributed by atoms with Crippen molar-refractivity contribution in [1.82, 2.24) is 14.7 Å². The summed E-state index contributed by atoms with van der Waals surface area (Å²) in [6.45, 7) is 10.5. The summed E-state index contributed by atoms with van der Waals surface area (Å²) >= 11 is 6.25. The molecule has 0 saturated carbocycles. The van der Waals surface area contributed by atoms with Gasteiger partial charge in [-0.2, -0.15) is 5.10 Å². The zero-order chi connectivity index (χ0) is 24.1. The van der Waals surface area contributed by atoms with Crippen molar-refractivity contribution in [1.29, 1.82) is 0 Å². The Morgan fingerprint density at radius 1 is 1.12 bits per heavy atom. The van der Waals surface area contributed by atoms with Crippen LogP contribution in [0.5, 0.6) is 5.75 Å². The maximum absolute atomic E-state index is 12.9. The van der Waals surface area contributed by atoms with E-state index in [0.717, 1.165) is 42.2 Å². The van der Waals surface area contributed by atoms with Crippen molar-refractivity contribution < 1.29 is 9.53 Å². The minimum absolute atomic E-state index is 0.156. The first kappa shape index (κ1) is 24.3. The zero-order valence-corrected chi connectivity index (χ0v) is 20.9. The van der Waals surface area contributed by atoms with Gasteiger partial charge >= 0.3 is 0 Å². The summed E-state index contributed by atoms with van der Waals surface area (Å²) < 4.78 is 7.84. The molecule has 1 amide bonds. The minimum Gasteiger partial charge on any atom is -0.493 e. The number of hydrogen-bond donors (Lipinski definition) is 1. The fourth-order valence-corrected chi connectivity index (χ4v) is 4.35. The van der Waals surface area contributed by atoms with Gasteiger partial charge in [0.2, 0.25) is 0 Å². The van der Waals surface area contributed by atoms with Gasteiger partial charge in [-0.3, -0.25) is 14.4 Å². The van der Waals surface area contributed by atoms with E-state index in [1.54, 1.807) is 0 Å². The van der Waals surface area contributed by atoms with Crippen LogP contribution in [0.1, 0.15) is 53.9 Å². The first-order chi connectivity index (χ1) is 16.4. The van der Waals surface area contributed by atoms with Crippen molar-refractivity contribution in [3.05, 3.63) is 75.9 Å². The van der Waals surface area contributed by atoms with Gasteiger partial charge in [-0.05, 0) is 74.7 Å². The molecule has 1 N–H and O–H groups in total. The van der Waals surface area contributed by atoms with Crippen LogP contribution in [0, 0.1) is 12.8 Å². The number of benzene rings is 2. The van der Waals surface area contributed by atoms with Crippen LogP contribution < -0.4 is 10.1 Å². The highest BCUT2D eigenvalue weighted by molar-refractivity contribution is 6.30. The molecular formula is C27H33ClN4O2. The van der Waals surface area contributed by atoms with Crippen LogP contribution in [0.2, 0.25) is 5.02 Å². The summed E-state index contributed by atoms with van der Waals surface area (Å²) in [5.74, 6) is 1.59.